The molecule has 0 aliphatic carbocycles. The number of amides is 2. The minimum Gasteiger partial charge on any atom is -0.481 e. The summed E-state index contributed by atoms with van der Waals surface area (Å²) in [7, 11) is 0. The van der Waals surface area contributed by atoms with Crippen molar-refractivity contribution < 1.29 is 19.1 Å². The van der Waals surface area contributed by atoms with Crippen LogP contribution in [-0.4, -0.2) is 23.1 Å². The number of benzene rings is 1. The van der Waals surface area contributed by atoms with E-state index in [0.29, 0.717) is 12.0 Å². The molecule has 0 fully saturated rings. The maximum absolute atomic E-state index is 12.9. The fraction of sp³-hybridized carbons (Fsp3) is 0.385. The van der Waals surface area contributed by atoms with Crippen LogP contribution in [0.4, 0.5) is 9.18 Å². The van der Waals surface area contributed by atoms with Crippen molar-refractivity contribution in [2.45, 2.75) is 32.4 Å². The SMILES string of the molecule is CCC(CC(=O)O)NC(=O)NCc1ccc(F)c(Cl)c1. The molecule has 20 heavy (non-hydrogen) atoms. The van der Waals surface area contributed by atoms with Gasteiger partial charge in [0.1, 0.15) is 5.82 Å². The monoisotopic (exact) mass is 302 g/mol. The molecule has 1 atom stereocenters. The predicted molar refractivity (Wildman–Crippen MR) is 73.1 cm³/mol. The summed E-state index contributed by atoms with van der Waals surface area (Å²) in [5, 5.41) is 13.8. The highest BCUT2D eigenvalue weighted by atomic mass is 35.5. The molecule has 1 unspecified atom stereocenters. The zero-order valence-corrected chi connectivity index (χ0v) is 11.7. The van der Waals surface area contributed by atoms with Gasteiger partial charge in [-0.2, -0.15) is 0 Å². The Hall–Kier alpha value is -1.82. The van der Waals surface area contributed by atoms with Gasteiger partial charge in [-0.25, -0.2) is 9.18 Å². The molecule has 5 nitrogen and oxygen atoms in total. The van der Waals surface area contributed by atoms with E-state index in [1.165, 1.54) is 18.2 Å². The summed E-state index contributed by atoms with van der Waals surface area (Å²) in [6.45, 7) is 1.96. The van der Waals surface area contributed by atoms with E-state index in [0.717, 1.165) is 0 Å². The number of halogens is 2. The zero-order chi connectivity index (χ0) is 15.1. The van der Waals surface area contributed by atoms with Crippen LogP contribution in [0, 0.1) is 5.82 Å². The van der Waals surface area contributed by atoms with E-state index in [1.807, 2.05) is 0 Å². The summed E-state index contributed by atoms with van der Waals surface area (Å²) in [6.07, 6.45) is 0.383. The number of rotatable bonds is 6. The number of carboxylic acid groups (broad SMARTS) is 1. The minimum atomic E-state index is -0.970. The topological polar surface area (TPSA) is 78.4 Å². The molecule has 1 aromatic carbocycles. The van der Waals surface area contributed by atoms with Crippen LogP contribution in [0.2, 0.25) is 5.02 Å². The summed E-state index contributed by atoms with van der Waals surface area (Å²) >= 11 is 5.62. The molecule has 1 rings (SSSR count). The quantitative estimate of drug-likeness (QED) is 0.755. The van der Waals surface area contributed by atoms with Gasteiger partial charge in [0.25, 0.3) is 0 Å². The molecule has 0 aliphatic heterocycles. The molecular formula is C13H16ClFN2O3. The van der Waals surface area contributed by atoms with Crippen molar-refractivity contribution in [3.05, 3.63) is 34.6 Å². The van der Waals surface area contributed by atoms with Crippen molar-refractivity contribution >= 4 is 23.6 Å². The molecule has 0 aliphatic rings. The molecule has 0 aromatic heterocycles. The molecule has 0 saturated carbocycles. The molecule has 0 radical (unpaired) electrons. The smallest absolute Gasteiger partial charge is 0.315 e. The normalized spacial score (nSPS) is 11.8. The van der Waals surface area contributed by atoms with Crippen LogP contribution in [0.3, 0.4) is 0 Å². The summed E-state index contributed by atoms with van der Waals surface area (Å²) in [6, 6.07) is 3.25. The van der Waals surface area contributed by atoms with Gasteiger partial charge in [0, 0.05) is 12.6 Å². The number of nitrogens with one attached hydrogen (secondary N) is 2. The zero-order valence-electron chi connectivity index (χ0n) is 11.0. The van der Waals surface area contributed by atoms with Crippen molar-refractivity contribution in [3.63, 3.8) is 0 Å². The Balaban J connectivity index is 2.46. The number of carbonyl (C=O) groups excluding carboxylic acids is 1. The molecule has 0 saturated heterocycles. The van der Waals surface area contributed by atoms with Crippen LogP contribution in [0.15, 0.2) is 18.2 Å². The Bertz CT molecular complexity index is 497. The van der Waals surface area contributed by atoms with Gasteiger partial charge < -0.3 is 15.7 Å². The average molecular weight is 303 g/mol. The van der Waals surface area contributed by atoms with Crippen molar-refractivity contribution in [1.82, 2.24) is 10.6 Å². The first-order valence-corrected chi connectivity index (χ1v) is 6.50. The third-order valence-electron chi connectivity index (χ3n) is 2.69. The van der Waals surface area contributed by atoms with Gasteiger partial charge in [-0.1, -0.05) is 24.6 Å². The molecule has 7 heteroatoms. The molecule has 1 aromatic rings. The first-order chi connectivity index (χ1) is 9.42. The molecular weight excluding hydrogens is 287 g/mol. The van der Waals surface area contributed by atoms with Crippen LogP contribution in [0.1, 0.15) is 25.3 Å². The minimum absolute atomic E-state index is 0.0120. The van der Waals surface area contributed by atoms with Crippen LogP contribution < -0.4 is 10.6 Å². The van der Waals surface area contributed by atoms with Gasteiger partial charge in [-0.3, -0.25) is 4.79 Å². The van der Waals surface area contributed by atoms with Crippen molar-refractivity contribution in [2.24, 2.45) is 0 Å². The molecule has 0 bridgehead atoms. The van der Waals surface area contributed by atoms with E-state index in [9.17, 15) is 14.0 Å². The standard InChI is InChI=1S/C13H16ClFN2O3/c1-2-9(6-12(18)19)17-13(20)16-7-8-3-4-11(15)10(14)5-8/h3-5,9H,2,6-7H2,1H3,(H,18,19)(H2,16,17,20). The lowest BCUT2D eigenvalue weighted by molar-refractivity contribution is -0.137. The lowest BCUT2D eigenvalue weighted by Crippen LogP contribution is -2.42. The number of urea groups is 1. The lowest BCUT2D eigenvalue weighted by Gasteiger charge is -2.15. The second-order valence-electron chi connectivity index (χ2n) is 4.28. The van der Waals surface area contributed by atoms with E-state index in [1.54, 1.807) is 6.92 Å². The Morgan fingerprint density at radius 2 is 2.15 bits per heavy atom. The fourth-order valence-corrected chi connectivity index (χ4v) is 1.78. The van der Waals surface area contributed by atoms with E-state index < -0.39 is 23.9 Å². The predicted octanol–water partition coefficient (Wildman–Crippen LogP) is 2.53. The Morgan fingerprint density at radius 1 is 1.45 bits per heavy atom. The van der Waals surface area contributed by atoms with Crippen LogP contribution >= 0.6 is 11.6 Å². The summed E-state index contributed by atoms with van der Waals surface area (Å²) in [4.78, 5) is 22.2. The van der Waals surface area contributed by atoms with Gasteiger partial charge in [0.2, 0.25) is 0 Å². The average Bonchev–Trinajstić information content (AvgIpc) is 2.39. The van der Waals surface area contributed by atoms with E-state index in [2.05, 4.69) is 10.6 Å². The Morgan fingerprint density at radius 3 is 2.70 bits per heavy atom. The maximum Gasteiger partial charge on any atom is 0.315 e. The molecule has 0 spiro atoms. The maximum atomic E-state index is 12.9. The van der Waals surface area contributed by atoms with Gasteiger partial charge in [-0.15, -0.1) is 0 Å². The first kappa shape index (κ1) is 16.2. The van der Waals surface area contributed by atoms with Gasteiger partial charge in [0.05, 0.1) is 11.4 Å². The summed E-state index contributed by atoms with van der Waals surface area (Å²) in [5.41, 5.74) is 0.651. The number of carboxylic acids is 1. The van der Waals surface area contributed by atoms with Crippen LogP contribution in [0.5, 0.6) is 0 Å². The van der Waals surface area contributed by atoms with Gasteiger partial charge in [0.15, 0.2) is 0 Å². The highest BCUT2D eigenvalue weighted by molar-refractivity contribution is 6.30. The summed E-state index contributed by atoms with van der Waals surface area (Å²) in [5.74, 6) is -1.49. The number of aliphatic carboxylic acids is 1. The fourth-order valence-electron chi connectivity index (χ4n) is 1.58. The van der Waals surface area contributed by atoms with E-state index >= 15 is 0 Å². The lowest BCUT2D eigenvalue weighted by atomic mass is 10.1. The van der Waals surface area contributed by atoms with Crippen molar-refractivity contribution in [2.75, 3.05) is 0 Å². The summed E-state index contributed by atoms with van der Waals surface area (Å²) < 4.78 is 12.9. The second-order valence-corrected chi connectivity index (χ2v) is 4.69. The third kappa shape index (κ3) is 5.44. The molecule has 3 N–H and O–H groups in total. The Kier molecular flexibility index (Phi) is 6.24. The number of carbonyl (C=O) groups is 2. The highest BCUT2D eigenvalue weighted by Gasteiger charge is 2.13. The largest absolute Gasteiger partial charge is 0.481 e. The molecule has 0 heterocycles. The Labute approximate surface area is 121 Å². The van der Waals surface area contributed by atoms with Crippen molar-refractivity contribution in [3.8, 4) is 0 Å². The highest BCUT2D eigenvalue weighted by Crippen LogP contribution is 2.15. The van der Waals surface area contributed by atoms with Crippen LogP contribution in [-0.2, 0) is 11.3 Å². The van der Waals surface area contributed by atoms with Crippen LogP contribution in [0.25, 0.3) is 0 Å². The number of hydrogen-bond donors (Lipinski definition) is 3. The van der Waals surface area contributed by atoms with Gasteiger partial charge >= 0.3 is 12.0 Å². The third-order valence-corrected chi connectivity index (χ3v) is 2.98. The molecule has 110 valence electrons. The molecule has 2 amide bonds. The first-order valence-electron chi connectivity index (χ1n) is 6.12. The second kappa shape index (κ2) is 7.69. The van der Waals surface area contributed by atoms with Crippen molar-refractivity contribution in [1.29, 1.82) is 0 Å². The van der Waals surface area contributed by atoms with E-state index in [4.69, 9.17) is 16.7 Å². The van der Waals surface area contributed by atoms with E-state index in [-0.39, 0.29) is 18.0 Å². The van der Waals surface area contributed by atoms with Gasteiger partial charge in [-0.05, 0) is 24.1 Å². The number of hydrogen-bond acceptors (Lipinski definition) is 2.